The highest BCUT2D eigenvalue weighted by molar-refractivity contribution is 5.85. The zero-order valence-corrected chi connectivity index (χ0v) is 12.7. The highest BCUT2D eigenvalue weighted by Crippen LogP contribution is 2.48. The standard InChI is InChI=1S/C15H26N2O.ClH/c1-2-15(6-3-7-15)9-17-14(18)12-10-4-5-11(8-10)13(12)16;/h10-13H,2-9,16H2,1H3,(H,17,18);1H. The Morgan fingerprint density at radius 2 is 2.00 bits per heavy atom. The number of nitrogens with two attached hydrogens (primary N) is 1. The van der Waals surface area contributed by atoms with Gasteiger partial charge in [-0.25, -0.2) is 0 Å². The van der Waals surface area contributed by atoms with Crippen molar-refractivity contribution in [3.8, 4) is 0 Å². The van der Waals surface area contributed by atoms with Crippen LogP contribution >= 0.6 is 12.4 Å². The molecule has 4 heteroatoms. The van der Waals surface area contributed by atoms with Gasteiger partial charge in [0.25, 0.3) is 0 Å². The van der Waals surface area contributed by atoms with Crippen molar-refractivity contribution in [2.45, 2.75) is 57.9 Å². The maximum absolute atomic E-state index is 12.4. The van der Waals surface area contributed by atoms with Crippen LogP contribution in [-0.2, 0) is 4.79 Å². The Balaban J connectivity index is 0.00000133. The molecule has 19 heavy (non-hydrogen) atoms. The van der Waals surface area contributed by atoms with Crippen LogP contribution in [0.1, 0.15) is 51.9 Å². The monoisotopic (exact) mass is 286 g/mol. The van der Waals surface area contributed by atoms with Crippen molar-refractivity contribution in [3.63, 3.8) is 0 Å². The van der Waals surface area contributed by atoms with E-state index in [1.807, 2.05) is 0 Å². The number of halogens is 1. The van der Waals surface area contributed by atoms with E-state index in [1.54, 1.807) is 0 Å². The van der Waals surface area contributed by atoms with E-state index in [-0.39, 0.29) is 30.3 Å². The molecule has 3 aliphatic carbocycles. The molecule has 1 amide bonds. The molecular formula is C15H27ClN2O. The van der Waals surface area contributed by atoms with Gasteiger partial charge in [-0.15, -0.1) is 12.4 Å². The van der Waals surface area contributed by atoms with Crippen LogP contribution in [-0.4, -0.2) is 18.5 Å². The topological polar surface area (TPSA) is 55.1 Å². The first-order valence-electron chi connectivity index (χ1n) is 7.68. The molecule has 3 rings (SSSR count). The van der Waals surface area contributed by atoms with Gasteiger partial charge in [0.2, 0.25) is 5.91 Å². The molecule has 0 aromatic carbocycles. The van der Waals surface area contributed by atoms with Gasteiger partial charge in [-0.1, -0.05) is 13.3 Å². The van der Waals surface area contributed by atoms with Crippen LogP contribution in [0.5, 0.6) is 0 Å². The van der Waals surface area contributed by atoms with Crippen molar-refractivity contribution in [1.82, 2.24) is 5.32 Å². The van der Waals surface area contributed by atoms with Crippen LogP contribution in [0.25, 0.3) is 0 Å². The summed E-state index contributed by atoms with van der Waals surface area (Å²) in [6.07, 6.45) is 8.74. The van der Waals surface area contributed by atoms with Crippen molar-refractivity contribution in [1.29, 1.82) is 0 Å². The SMILES string of the molecule is CCC1(CNC(=O)C2C3CCC(C3)C2N)CCC1.Cl. The predicted octanol–water partition coefficient (Wildman–Crippen LogP) is 2.48. The lowest BCUT2D eigenvalue weighted by Crippen LogP contribution is -2.49. The summed E-state index contributed by atoms with van der Waals surface area (Å²) in [5, 5.41) is 3.21. The van der Waals surface area contributed by atoms with Crippen molar-refractivity contribution < 1.29 is 4.79 Å². The third-order valence-corrected chi connectivity index (χ3v) is 6.09. The lowest BCUT2D eigenvalue weighted by Gasteiger charge is -2.42. The molecule has 110 valence electrons. The highest BCUT2D eigenvalue weighted by atomic mass is 35.5. The van der Waals surface area contributed by atoms with Gasteiger partial charge in [0.15, 0.2) is 0 Å². The second-order valence-electron chi connectivity index (χ2n) is 6.86. The van der Waals surface area contributed by atoms with Crippen LogP contribution in [0.2, 0.25) is 0 Å². The molecule has 3 saturated carbocycles. The average molecular weight is 287 g/mol. The van der Waals surface area contributed by atoms with Gasteiger partial charge in [0.1, 0.15) is 0 Å². The summed E-state index contributed by atoms with van der Waals surface area (Å²) in [5.74, 6) is 1.55. The van der Waals surface area contributed by atoms with Gasteiger partial charge in [-0.05, 0) is 55.8 Å². The quantitative estimate of drug-likeness (QED) is 0.834. The molecule has 0 radical (unpaired) electrons. The van der Waals surface area contributed by atoms with Crippen LogP contribution in [0.3, 0.4) is 0 Å². The fraction of sp³-hybridized carbons (Fsp3) is 0.933. The van der Waals surface area contributed by atoms with E-state index in [0.717, 1.165) is 6.54 Å². The first-order chi connectivity index (χ1) is 8.65. The third-order valence-electron chi connectivity index (χ3n) is 6.09. The number of carbonyl (C=O) groups is 1. The molecule has 3 fully saturated rings. The van der Waals surface area contributed by atoms with Gasteiger partial charge in [0, 0.05) is 12.6 Å². The minimum Gasteiger partial charge on any atom is -0.355 e. The highest BCUT2D eigenvalue weighted by Gasteiger charge is 2.49. The summed E-state index contributed by atoms with van der Waals surface area (Å²) in [5.41, 5.74) is 6.64. The van der Waals surface area contributed by atoms with Gasteiger partial charge >= 0.3 is 0 Å². The molecule has 2 bridgehead atoms. The van der Waals surface area contributed by atoms with E-state index in [1.165, 1.54) is 44.9 Å². The summed E-state index contributed by atoms with van der Waals surface area (Å²) in [4.78, 5) is 12.4. The summed E-state index contributed by atoms with van der Waals surface area (Å²) >= 11 is 0. The number of nitrogens with one attached hydrogen (secondary N) is 1. The van der Waals surface area contributed by atoms with E-state index in [4.69, 9.17) is 5.73 Å². The van der Waals surface area contributed by atoms with Crippen LogP contribution in [0.15, 0.2) is 0 Å². The van der Waals surface area contributed by atoms with Crippen molar-refractivity contribution >= 4 is 18.3 Å². The molecule has 3 N–H and O–H groups in total. The molecule has 0 heterocycles. The number of hydrogen-bond donors (Lipinski definition) is 2. The van der Waals surface area contributed by atoms with E-state index in [0.29, 0.717) is 17.3 Å². The molecule has 0 aromatic heterocycles. The smallest absolute Gasteiger partial charge is 0.224 e. The normalized spacial score (nSPS) is 38.4. The number of fused-ring (bicyclic) bond motifs is 2. The molecule has 0 aromatic rings. The number of hydrogen-bond acceptors (Lipinski definition) is 2. The Morgan fingerprint density at radius 3 is 2.47 bits per heavy atom. The van der Waals surface area contributed by atoms with Gasteiger partial charge in [0.05, 0.1) is 5.92 Å². The van der Waals surface area contributed by atoms with Crippen LogP contribution in [0.4, 0.5) is 0 Å². The zero-order valence-electron chi connectivity index (χ0n) is 11.9. The van der Waals surface area contributed by atoms with E-state index >= 15 is 0 Å². The second kappa shape index (κ2) is 5.61. The van der Waals surface area contributed by atoms with E-state index in [2.05, 4.69) is 12.2 Å². The lowest BCUT2D eigenvalue weighted by molar-refractivity contribution is -0.128. The molecule has 3 nitrogen and oxygen atoms in total. The summed E-state index contributed by atoms with van der Waals surface area (Å²) in [7, 11) is 0. The summed E-state index contributed by atoms with van der Waals surface area (Å²) < 4.78 is 0. The largest absolute Gasteiger partial charge is 0.355 e. The Kier molecular flexibility index (Phi) is 4.46. The fourth-order valence-corrected chi connectivity index (χ4v) is 4.45. The average Bonchev–Trinajstić information content (AvgIpc) is 2.88. The van der Waals surface area contributed by atoms with Crippen molar-refractivity contribution in [3.05, 3.63) is 0 Å². The number of rotatable bonds is 4. The van der Waals surface area contributed by atoms with Gasteiger partial charge in [-0.3, -0.25) is 4.79 Å². The maximum Gasteiger partial charge on any atom is 0.224 e. The van der Waals surface area contributed by atoms with Crippen molar-refractivity contribution in [2.24, 2.45) is 28.9 Å². The number of carbonyl (C=O) groups excluding carboxylic acids is 1. The molecule has 4 unspecified atom stereocenters. The van der Waals surface area contributed by atoms with E-state index < -0.39 is 0 Å². The summed E-state index contributed by atoms with van der Waals surface area (Å²) in [6.45, 7) is 3.12. The molecule has 4 atom stereocenters. The third kappa shape index (κ3) is 2.52. The summed E-state index contributed by atoms with van der Waals surface area (Å²) in [6, 6.07) is 0.128. The molecule has 0 saturated heterocycles. The van der Waals surface area contributed by atoms with Crippen LogP contribution < -0.4 is 11.1 Å². The Labute approximate surface area is 122 Å². The van der Waals surface area contributed by atoms with Gasteiger partial charge < -0.3 is 11.1 Å². The lowest BCUT2D eigenvalue weighted by atomic mass is 9.67. The first kappa shape index (κ1) is 15.1. The second-order valence-corrected chi connectivity index (χ2v) is 6.86. The van der Waals surface area contributed by atoms with E-state index in [9.17, 15) is 4.79 Å². The van der Waals surface area contributed by atoms with Crippen molar-refractivity contribution in [2.75, 3.05) is 6.54 Å². The molecule has 0 aliphatic heterocycles. The molecular weight excluding hydrogens is 260 g/mol. The first-order valence-corrected chi connectivity index (χ1v) is 7.68. The van der Waals surface area contributed by atoms with Gasteiger partial charge in [-0.2, -0.15) is 0 Å². The Morgan fingerprint density at radius 1 is 1.32 bits per heavy atom. The molecule has 0 spiro atoms. The Bertz CT molecular complexity index is 336. The minimum absolute atomic E-state index is 0. The Hall–Kier alpha value is -0.280. The zero-order chi connectivity index (χ0) is 12.8. The minimum atomic E-state index is 0. The van der Waals surface area contributed by atoms with Crippen LogP contribution in [0, 0.1) is 23.2 Å². The molecule has 3 aliphatic rings. The predicted molar refractivity (Wildman–Crippen MR) is 79.1 cm³/mol. The fourth-order valence-electron chi connectivity index (χ4n) is 4.45. The maximum atomic E-state index is 12.4. The number of amides is 1.